The second-order valence-corrected chi connectivity index (χ2v) is 7.79. The van der Waals surface area contributed by atoms with E-state index >= 15 is 0 Å². The molecule has 2 aromatic heterocycles. The second kappa shape index (κ2) is 5.90. The predicted molar refractivity (Wildman–Crippen MR) is 105 cm³/mol. The van der Waals surface area contributed by atoms with Crippen molar-refractivity contribution in [1.29, 1.82) is 0 Å². The van der Waals surface area contributed by atoms with Crippen molar-refractivity contribution in [3.05, 3.63) is 70.4 Å². The van der Waals surface area contributed by atoms with Gasteiger partial charge >= 0.3 is 5.69 Å². The molecule has 6 nitrogen and oxygen atoms in total. The van der Waals surface area contributed by atoms with E-state index in [1.807, 2.05) is 22.6 Å². The summed E-state index contributed by atoms with van der Waals surface area (Å²) in [6.45, 7) is 1.61. The van der Waals surface area contributed by atoms with Crippen LogP contribution in [0.3, 0.4) is 0 Å². The first-order chi connectivity index (χ1) is 12.3. The molecule has 3 aromatic rings. The number of nitrogens with zero attached hydrogens (tertiary/aromatic N) is 3. The van der Waals surface area contributed by atoms with Gasteiger partial charge in [0.15, 0.2) is 0 Å². The number of fused-ring (bicyclic) bond motifs is 1. The van der Waals surface area contributed by atoms with E-state index < -0.39 is 17.1 Å². The first-order valence-corrected chi connectivity index (χ1v) is 9.22. The van der Waals surface area contributed by atoms with Crippen molar-refractivity contribution in [2.24, 2.45) is 7.05 Å². The minimum atomic E-state index is -0.621. The minimum Gasteiger partial charge on any atom is -0.296 e. The van der Waals surface area contributed by atoms with Crippen LogP contribution in [0.1, 0.15) is 24.4 Å². The molecule has 0 bridgehead atoms. The molecule has 0 amide bonds. The largest absolute Gasteiger partial charge is 0.337 e. The maximum atomic E-state index is 14.7. The van der Waals surface area contributed by atoms with E-state index in [0.29, 0.717) is 9.13 Å². The number of pyridine rings is 1. The average Bonchev–Trinajstić information content (AvgIpc) is 3.40. The van der Waals surface area contributed by atoms with Gasteiger partial charge in [-0.1, -0.05) is 0 Å². The second-order valence-electron chi connectivity index (χ2n) is 6.55. The molecule has 0 aliphatic heterocycles. The van der Waals surface area contributed by atoms with Crippen molar-refractivity contribution in [2.45, 2.75) is 25.8 Å². The third-order valence-corrected chi connectivity index (χ3v) is 5.35. The van der Waals surface area contributed by atoms with Crippen LogP contribution in [-0.4, -0.2) is 13.7 Å². The SMILES string of the molecule is Cc1cc2c(=O)n(C3CC3)c(=O)n(-c3ccc(I)cc3F)c2n(C)c1=O. The summed E-state index contributed by atoms with van der Waals surface area (Å²) in [5.41, 5.74) is -0.869. The standard InChI is InChI=1S/C18H15FIN3O3/c1-9-7-12-15(21(2)16(9)24)23(14-6-3-10(20)8-13(14)19)18(26)22(17(12)25)11-4-5-11/h3,6-8,11H,4-5H2,1-2H3. The van der Waals surface area contributed by atoms with Crippen LogP contribution < -0.4 is 16.8 Å². The fourth-order valence-electron chi connectivity index (χ4n) is 3.26. The van der Waals surface area contributed by atoms with Gasteiger partial charge in [-0.25, -0.2) is 13.8 Å². The number of benzene rings is 1. The Kier molecular flexibility index (Phi) is 3.90. The zero-order chi connectivity index (χ0) is 18.7. The zero-order valence-electron chi connectivity index (χ0n) is 14.1. The van der Waals surface area contributed by atoms with E-state index in [-0.39, 0.29) is 28.3 Å². The van der Waals surface area contributed by atoms with Gasteiger partial charge in [-0.2, -0.15) is 0 Å². The van der Waals surface area contributed by atoms with E-state index in [2.05, 4.69) is 0 Å². The molecule has 0 saturated heterocycles. The molecular weight excluding hydrogens is 452 g/mol. The molecule has 1 fully saturated rings. The highest BCUT2D eigenvalue weighted by Crippen LogP contribution is 2.32. The van der Waals surface area contributed by atoms with E-state index in [1.54, 1.807) is 13.0 Å². The Morgan fingerprint density at radius 1 is 1.12 bits per heavy atom. The highest BCUT2D eigenvalue weighted by atomic mass is 127. The van der Waals surface area contributed by atoms with Crippen LogP contribution in [0.4, 0.5) is 4.39 Å². The van der Waals surface area contributed by atoms with Gasteiger partial charge in [0.25, 0.3) is 11.1 Å². The molecule has 0 radical (unpaired) electrons. The summed E-state index contributed by atoms with van der Waals surface area (Å²) in [5, 5.41) is 0.231. The van der Waals surface area contributed by atoms with Gasteiger partial charge < -0.3 is 0 Å². The molecule has 134 valence electrons. The summed E-state index contributed by atoms with van der Waals surface area (Å²) < 4.78 is 18.9. The Morgan fingerprint density at radius 2 is 1.81 bits per heavy atom. The molecule has 4 rings (SSSR count). The Morgan fingerprint density at radius 3 is 2.42 bits per heavy atom. The van der Waals surface area contributed by atoms with Crippen LogP contribution >= 0.6 is 22.6 Å². The fraction of sp³-hybridized carbons (Fsp3) is 0.278. The number of aryl methyl sites for hydroxylation is 2. The van der Waals surface area contributed by atoms with Crippen molar-refractivity contribution in [3.63, 3.8) is 0 Å². The van der Waals surface area contributed by atoms with Crippen molar-refractivity contribution in [2.75, 3.05) is 0 Å². The minimum absolute atomic E-state index is 0.0219. The quantitative estimate of drug-likeness (QED) is 0.544. The van der Waals surface area contributed by atoms with E-state index in [0.717, 1.165) is 17.4 Å². The van der Waals surface area contributed by atoms with Crippen LogP contribution in [0.15, 0.2) is 38.6 Å². The summed E-state index contributed by atoms with van der Waals surface area (Å²) in [7, 11) is 1.49. The molecule has 2 heterocycles. The van der Waals surface area contributed by atoms with Crippen LogP contribution in [-0.2, 0) is 7.05 Å². The van der Waals surface area contributed by atoms with Gasteiger partial charge in [-0.3, -0.25) is 18.7 Å². The van der Waals surface area contributed by atoms with E-state index in [1.165, 1.54) is 34.4 Å². The fourth-order valence-corrected chi connectivity index (χ4v) is 3.71. The molecular formula is C18H15FIN3O3. The van der Waals surface area contributed by atoms with Gasteiger partial charge in [-0.05, 0) is 66.6 Å². The van der Waals surface area contributed by atoms with Crippen molar-refractivity contribution >= 4 is 33.6 Å². The lowest BCUT2D eigenvalue weighted by molar-refractivity contribution is 0.596. The lowest BCUT2D eigenvalue weighted by Crippen LogP contribution is -2.41. The van der Waals surface area contributed by atoms with Gasteiger partial charge in [-0.15, -0.1) is 0 Å². The summed E-state index contributed by atoms with van der Waals surface area (Å²) in [5.74, 6) is -0.589. The molecule has 0 atom stereocenters. The predicted octanol–water partition coefficient (Wildman–Crippen LogP) is 2.24. The van der Waals surface area contributed by atoms with Gasteiger partial charge in [0, 0.05) is 22.2 Å². The number of aromatic nitrogens is 3. The molecule has 1 aromatic carbocycles. The van der Waals surface area contributed by atoms with Gasteiger partial charge in [0.2, 0.25) is 0 Å². The number of rotatable bonds is 2. The van der Waals surface area contributed by atoms with Crippen LogP contribution in [0, 0.1) is 16.3 Å². The molecule has 1 saturated carbocycles. The smallest absolute Gasteiger partial charge is 0.296 e. The summed E-state index contributed by atoms with van der Waals surface area (Å²) in [6, 6.07) is 5.79. The maximum absolute atomic E-state index is 14.7. The van der Waals surface area contributed by atoms with Crippen molar-refractivity contribution < 1.29 is 4.39 Å². The van der Waals surface area contributed by atoms with Crippen molar-refractivity contribution in [3.8, 4) is 5.69 Å². The molecule has 1 aliphatic carbocycles. The Bertz CT molecular complexity index is 1250. The molecule has 26 heavy (non-hydrogen) atoms. The Labute approximate surface area is 160 Å². The third kappa shape index (κ3) is 2.46. The Hall–Kier alpha value is -2.23. The van der Waals surface area contributed by atoms with Crippen molar-refractivity contribution in [1.82, 2.24) is 13.7 Å². The summed E-state index contributed by atoms with van der Waals surface area (Å²) in [4.78, 5) is 38.4. The topological polar surface area (TPSA) is 66.0 Å². The summed E-state index contributed by atoms with van der Waals surface area (Å²) >= 11 is 1.98. The third-order valence-electron chi connectivity index (χ3n) is 4.68. The number of hydrogen-bond acceptors (Lipinski definition) is 3. The van der Waals surface area contributed by atoms with Gasteiger partial charge in [0.1, 0.15) is 11.5 Å². The molecule has 1 aliphatic rings. The normalized spacial score (nSPS) is 14.2. The zero-order valence-corrected chi connectivity index (χ0v) is 16.3. The molecule has 0 N–H and O–H groups in total. The van der Waals surface area contributed by atoms with E-state index in [4.69, 9.17) is 0 Å². The molecule has 0 spiro atoms. The lowest BCUT2D eigenvalue weighted by atomic mass is 10.2. The summed E-state index contributed by atoms with van der Waals surface area (Å²) in [6.07, 6.45) is 1.47. The van der Waals surface area contributed by atoms with Gasteiger partial charge in [0.05, 0.1) is 11.1 Å². The molecule has 8 heteroatoms. The first-order valence-electron chi connectivity index (χ1n) is 8.14. The highest BCUT2D eigenvalue weighted by molar-refractivity contribution is 14.1. The Balaban J connectivity index is 2.28. The molecule has 0 unspecified atom stereocenters. The number of halogens is 2. The monoisotopic (exact) mass is 467 g/mol. The average molecular weight is 467 g/mol. The van der Waals surface area contributed by atoms with Crippen LogP contribution in [0.2, 0.25) is 0 Å². The van der Waals surface area contributed by atoms with Crippen LogP contribution in [0.5, 0.6) is 0 Å². The highest BCUT2D eigenvalue weighted by Gasteiger charge is 2.30. The van der Waals surface area contributed by atoms with E-state index in [9.17, 15) is 18.8 Å². The first kappa shape index (κ1) is 17.2. The lowest BCUT2D eigenvalue weighted by Gasteiger charge is -2.17. The van der Waals surface area contributed by atoms with Crippen LogP contribution in [0.25, 0.3) is 16.7 Å². The maximum Gasteiger partial charge on any atom is 0.337 e. The number of hydrogen-bond donors (Lipinski definition) is 0.